The maximum absolute atomic E-state index is 12.0. The number of nitrogen functional groups attached to an aromatic ring is 1. The summed E-state index contributed by atoms with van der Waals surface area (Å²) < 4.78 is 1.90. The van der Waals surface area contributed by atoms with Gasteiger partial charge < -0.3 is 25.4 Å². The van der Waals surface area contributed by atoms with Crippen molar-refractivity contribution in [3.63, 3.8) is 0 Å². The van der Waals surface area contributed by atoms with Gasteiger partial charge in [-0.25, -0.2) is 15.0 Å². The third kappa shape index (κ3) is 4.99. The highest BCUT2D eigenvalue weighted by atomic mass is 16.2. The lowest BCUT2D eigenvalue weighted by molar-refractivity contribution is 0.288. The van der Waals surface area contributed by atoms with Gasteiger partial charge in [0.25, 0.3) is 5.56 Å². The normalized spacial score (nSPS) is 10.7. The van der Waals surface area contributed by atoms with Gasteiger partial charge in [0.15, 0.2) is 0 Å². The van der Waals surface area contributed by atoms with Crippen LogP contribution in [-0.2, 0) is 6.42 Å². The summed E-state index contributed by atoms with van der Waals surface area (Å²) >= 11 is 0. The van der Waals surface area contributed by atoms with E-state index in [1.807, 2.05) is 48.0 Å². The lowest BCUT2D eigenvalue weighted by Crippen LogP contribution is -2.13. The van der Waals surface area contributed by atoms with E-state index in [1.165, 1.54) is 11.9 Å². The Kier molecular flexibility index (Phi) is 6.61. The minimum absolute atomic E-state index is 0.139. The molecule has 0 aliphatic carbocycles. The Bertz CT molecular complexity index is 1390. The smallest absolute Gasteiger partial charge is 0.263 e. The van der Waals surface area contributed by atoms with Crippen LogP contribution in [0, 0.1) is 6.92 Å². The third-order valence-corrected chi connectivity index (χ3v) is 5.15. The van der Waals surface area contributed by atoms with Crippen LogP contribution in [0.15, 0.2) is 72.3 Å². The SMILES string of the molecule is Cc1cc(-n2ccnc2)cc2[nH]c(-c3c(N)nc[nH]c3=O)nc12.OCCCc1ccccc1. The first kappa shape index (κ1) is 22.0. The van der Waals surface area contributed by atoms with Crippen LogP contribution in [0.5, 0.6) is 0 Å². The molecule has 0 amide bonds. The van der Waals surface area contributed by atoms with Crippen LogP contribution in [0.4, 0.5) is 5.82 Å². The second-order valence-electron chi connectivity index (χ2n) is 7.52. The van der Waals surface area contributed by atoms with E-state index >= 15 is 0 Å². The Morgan fingerprint density at radius 1 is 1.18 bits per heavy atom. The predicted octanol–water partition coefficient (Wildman–Crippen LogP) is 3.00. The van der Waals surface area contributed by atoms with Gasteiger partial charge in [-0.2, -0.15) is 0 Å². The molecule has 5 aromatic rings. The second-order valence-corrected chi connectivity index (χ2v) is 7.52. The molecule has 0 spiro atoms. The first-order valence-electron chi connectivity index (χ1n) is 10.5. The zero-order valence-electron chi connectivity index (χ0n) is 18.2. The number of nitrogens with two attached hydrogens (primary N) is 1. The monoisotopic (exact) mass is 443 g/mol. The number of nitrogens with zero attached hydrogens (tertiary/aromatic N) is 4. The molecule has 0 aliphatic rings. The Morgan fingerprint density at radius 3 is 2.70 bits per heavy atom. The van der Waals surface area contributed by atoms with Crippen molar-refractivity contribution in [1.29, 1.82) is 0 Å². The Morgan fingerprint density at radius 2 is 2.00 bits per heavy atom. The predicted molar refractivity (Wildman–Crippen MR) is 128 cm³/mol. The van der Waals surface area contributed by atoms with E-state index < -0.39 is 0 Å². The van der Waals surface area contributed by atoms with E-state index in [9.17, 15) is 4.79 Å². The van der Waals surface area contributed by atoms with Crippen LogP contribution in [0.2, 0.25) is 0 Å². The molecule has 2 aromatic carbocycles. The second kappa shape index (κ2) is 9.92. The Hall–Kier alpha value is -4.24. The van der Waals surface area contributed by atoms with Gasteiger partial charge in [0.1, 0.15) is 17.2 Å². The first-order valence-corrected chi connectivity index (χ1v) is 10.5. The van der Waals surface area contributed by atoms with E-state index in [2.05, 4.69) is 37.1 Å². The number of aliphatic hydroxyl groups is 1. The van der Waals surface area contributed by atoms with Gasteiger partial charge in [0.2, 0.25) is 0 Å². The number of imidazole rings is 2. The topological polar surface area (TPSA) is 138 Å². The number of rotatable bonds is 5. The van der Waals surface area contributed by atoms with Crippen molar-refractivity contribution in [3.05, 3.63) is 89.0 Å². The Balaban J connectivity index is 0.000000219. The van der Waals surface area contributed by atoms with Gasteiger partial charge in [-0.05, 0) is 43.0 Å². The summed E-state index contributed by atoms with van der Waals surface area (Å²) in [5.74, 6) is 0.540. The molecular weight excluding hydrogens is 418 g/mol. The number of H-pyrrole nitrogens is 2. The van der Waals surface area contributed by atoms with Crippen molar-refractivity contribution < 1.29 is 5.11 Å². The number of aryl methyl sites for hydroxylation is 2. The quantitative estimate of drug-likeness (QED) is 0.329. The van der Waals surface area contributed by atoms with Crippen LogP contribution in [0.1, 0.15) is 17.5 Å². The minimum Gasteiger partial charge on any atom is -0.396 e. The number of benzene rings is 2. The third-order valence-electron chi connectivity index (χ3n) is 5.15. The highest BCUT2D eigenvalue weighted by Crippen LogP contribution is 2.25. The van der Waals surface area contributed by atoms with Crippen molar-refractivity contribution >= 4 is 16.9 Å². The first-order chi connectivity index (χ1) is 16.1. The number of aromatic nitrogens is 6. The van der Waals surface area contributed by atoms with Gasteiger partial charge in [0.05, 0.1) is 23.7 Å². The van der Waals surface area contributed by atoms with Crippen molar-refractivity contribution in [2.24, 2.45) is 0 Å². The zero-order valence-corrected chi connectivity index (χ0v) is 18.2. The lowest BCUT2D eigenvalue weighted by atomic mass is 10.1. The summed E-state index contributed by atoms with van der Waals surface area (Å²) in [5.41, 5.74) is 10.6. The molecular formula is C24H25N7O2. The maximum atomic E-state index is 12.0. The minimum atomic E-state index is -0.330. The molecule has 5 rings (SSSR count). The number of aromatic amines is 2. The van der Waals surface area contributed by atoms with E-state index in [4.69, 9.17) is 10.8 Å². The highest BCUT2D eigenvalue weighted by Gasteiger charge is 2.15. The number of anilines is 1. The molecule has 3 aromatic heterocycles. The molecule has 9 nitrogen and oxygen atoms in total. The number of fused-ring (bicyclic) bond motifs is 1. The van der Waals surface area contributed by atoms with E-state index in [0.717, 1.165) is 35.1 Å². The summed E-state index contributed by atoms with van der Waals surface area (Å²) in [6.45, 7) is 2.25. The summed E-state index contributed by atoms with van der Waals surface area (Å²) in [5, 5.41) is 8.53. The fourth-order valence-corrected chi connectivity index (χ4v) is 3.52. The number of nitrogens with one attached hydrogen (secondary N) is 2. The van der Waals surface area contributed by atoms with Crippen molar-refractivity contribution in [2.75, 3.05) is 12.3 Å². The fraction of sp³-hybridized carbons (Fsp3) is 0.167. The summed E-state index contributed by atoms with van der Waals surface area (Å²) in [7, 11) is 0. The molecule has 0 atom stereocenters. The van der Waals surface area contributed by atoms with Gasteiger partial charge in [-0.15, -0.1) is 0 Å². The molecule has 168 valence electrons. The van der Waals surface area contributed by atoms with Crippen LogP contribution >= 0.6 is 0 Å². The average Bonchev–Trinajstić information content (AvgIpc) is 3.49. The summed E-state index contributed by atoms with van der Waals surface area (Å²) in [4.78, 5) is 30.1. The summed E-state index contributed by atoms with van der Waals surface area (Å²) in [6.07, 6.45) is 8.42. The van der Waals surface area contributed by atoms with E-state index in [0.29, 0.717) is 5.82 Å². The molecule has 0 aliphatic heterocycles. The molecule has 3 heterocycles. The van der Waals surface area contributed by atoms with Crippen LogP contribution in [-0.4, -0.2) is 41.2 Å². The van der Waals surface area contributed by atoms with Gasteiger partial charge in [-0.3, -0.25) is 4.79 Å². The average molecular weight is 444 g/mol. The molecule has 33 heavy (non-hydrogen) atoms. The van der Waals surface area contributed by atoms with Crippen LogP contribution < -0.4 is 11.3 Å². The van der Waals surface area contributed by atoms with Crippen molar-refractivity contribution in [1.82, 2.24) is 29.5 Å². The van der Waals surface area contributed by atoms with Gasteiger partial charge in [0, 0.05) is 24.7 Å². The molecule has 0 bridgehead atoms. The van der Waals surface area contributed by atoms with E-state index in [-0.39, 0.29) is 23.5 Å². The highest BCUT2D eigenvalue weighted by molar-refractivity contribution is 5.85. The van der Waals surface area contributed by atoms with Crippen molar-refractivity contribution in [3.8, 4) is 17.1 Å². The molecule has 5 N–H and O–H groups in total. The van der Waals surface area contributed by atoms with E-state index in [1.54, 1.807) is 12.5 Å². The fourth-order valence-electron chi connectivity index (χ4n) is 3.52. The number of hydrogen-bond donors (Lipinski definition) is 4. The van der Waals surface area contributed by atoms with Crippen LogP contribution in [0.3, 0.4) is 0 Å². The number of aliphatic hydroxyl groups excluding tert-OH is 1. The van der Waals surface area contributed by atoms with Gasteiger partial charge >= 0.3 is 0 Å². The summed E-state index contributed by atoms with van der Waals surface area (Å²) in [6, 6.07) is 14.2. The molecule has 0 radical (unpaired) electrons. The molecule has 0 saturated carbocycles. The Labute approximate surface area is 190 Å². The van der Waals surface area contributed by atoms with Gasteiger partial charge in [-0.1, -0.05) is 30.3 Å². The van der Waals surface area contributed by atoms with Crippen LogP contribution in [0.25, 0.3) is 28.1 Å². The number of hydrogen-bond acceptors (Lipinski definition) is 6. The standard InChI is InChI=1S/C15H13N7O.C9H12O/c1-8-4-9(22-3-2-17-7-22)5-10-12(8)21-14(20-10)11-13(16)18-6-19-15(11)23;10-8-4-7-9-5-2-1-3-6-9/h2-7H,1H3,(H,20,21)(H3,16,18,19,23);1-3,5-6,10H,4,7-8H2. The largest absolute Gasteiger partial charge is 0.396 e. The maximum Gasteiger partial charge on any atom is 0.263 e. The zero-order chi connectivity index (χ0) is 23.2. The molecule has 0 unspecified atom stereocenters. The lowest BCUT2D eigenvalue weighted by Gasteiger charge is -2.03. The molecule has 9 heteroatoms. The molecule has 0 saturated heterocycles. The van der Waals surface area contributed by atoms with Crippen molar-refractivity contribution in [2.45, 2.75) is 19.8 Å². The molecule has 0 fully saturated rings.